The van der Waals surface area contributed by atoms with E-state index in [2.05, 4.69) is 4.90 Å². The topological polar surface area (TPSA) is 49.5 Å². The molecule has 0 aromatic heterocycles. The van der Waals surface area contributed by atoms with Gasteiger partial charge in [0.15, 0.2) is 0 Å². The predicted molar refractivity (Wildman–Crippen MR) is 71.5 cm³/mol. The fourth-order valence-electron chi connectivity index (χ4n) is 2.27. The van der Waals surface area contributed by atoms with Gasteiger partial charge in [-0.1, -0.05) is 17.7 Å². The van der Waals surface area contributed by atoms with Gasteiger partial charge in [0.05, 0.1) is 6.10 Å². The highest BCUT2D eigenvalue weighted by Crippen LogP contribution is 2.28. The van der Waals surface area contributed by atoms with Gasteiger partial charge in [-0.05, 0) is 37.5 Å². The molecule has 3 N–H and O–H groups in total. The Labute approximate surface area is 107 Å². The molecule has 0 spiro atoms. The Bertz CT molecular complexity index is 395. The first-order valence-corrected chi connectivity index (χ1v) is 6.44. The summed E-state index contributed by atoms with van der Waals surface area (Å²) in [6, 6.07) is 5.90. The van der Waals surface area contributed by atoms with Crippen molar-refractivity contribution in [1.82, 2.24) is 0 Å². The molecule has 3 nitrogen and oxygen atoms in total. The van der Waals surface area contributed by atoms with Crippen LogP contribution < -0.4 is 10.6 Å². The number of aliphatic hydroxyl groups excluding tert-OH is 1. The molecule has 1 aromatic rings. The van der Waals surface area contributed by atoms with E-state index in [-0.39, 0.29) is 12.1 Å². The first-order chi connectivity index (χ1) is 8.08. The molecule has 0 radical (unpaired) electrons. The van der Waals surface area contributed by atoms with E-state index in [1.807, 2.05) is 25.1 Å². The van der Waals surface area contributed by atoms with E-state index in [0.29, 0.717) is 11.6 Å². The summed E-state index contributed by atoms with van der Waals surface area (Å²) in [6.07, 6.45) is 1.69. The molecule has 2 atom stereocenters. The highest BCUT2D eigenvalue weighted by atomic mass is 35.5. The smallest absolute Gasteiger partial charge is 0.0715 e. The summed E-state index contributed by atoms with van der Waals surface area (Å²) in [6.45, 7) is 3.59. The van der Waals surface area contributed by atoms with Crippen LogP contribution >= 0.6 is 11.6 Å². The number of piperidine rings is 1. The lowest BCUT2D eigenvalue weighted by Gasteiger charge is -2.32. The van der Waals surface area contributed by atoms with Crippen LogP contribution in [0.4, 0.5) is 5.69 Å². The lowest BCUT2D eigenvalue weighted by Crippen LogP contribution is -2.38. The van der Waals surface area contributed by atoms with Crippen LogP contribution in [0, 0.1) is 0 Å². The van der Waals surface area contributed by atoms with Crippen molar-refractivity contribution in [3.05, 3.63) is 28.8 Å². The van der Waals surface area contributed by atoms with E-state index in [4.69, 9.17) is 17.3 Å². The predicted octanol–water partition coefficient (Wildman–Crippen LogP) is 2.32. The van der Waals surface area contributed by atoms with Gasteiger partial charge in [0.2, 0.25) is 0 Å². The number of hydrogen-bond donors (Lipinski definition) is 2. The van der Waals surface area contributed by atoms with E-state index in [1.54, 1.807) is 0 Å². The number of nitrogens with zero attached hydrogens (tertiary/aromatic N) is 1. The highest BCUT2D eigenvalue weighted by molar-refractivity contribution is 6.31. The van der Waals surface area contributed by atoms with Crippen molar-refractivity contribution in [2.24, 2.45) is 5.73 Å². The van der Waals surface area contributed by atoms with Gasteiger partial charge in [0, 0.05) is 29.8 Å². The van der Waals surface area contributed by atoms with Crippen LogP contribution in [0.25, 0.3) is 0 Å². The SMILES string of the molecule is CC(N)c1ccc(N2CCCC(O)C2)cc1Cl. The molecule has 2 unspecified atom stereocenters. The molecular weight excluding hydrogens is 236 g/mol. The maximum atomic E-state index is 9.66. The second-order valence-corrected chi connectivity index (χ2v) is 5.14. The van der Waals surface area contributed by atoms with Crippen LogP contribution in [-0.4, -0.2) is 24.3 Å². The normalized spacial score (nSPS) is 22.6. The van der Waals surface area contributed by atoms with Crippen molar-refractivity contribution in [2.75, 3.05) is 18.0 Å². The zero-order valence-corrected chi connectivity index (χ0v) is 10.8. The van der Waals surface area contributed by atoms with Crippen LogP contribution in [0.2, 0.25) is 5.02 Å². The van der Waals surface area contributed by atoms with Crippen LogP contribution in [0.5, 0.6) is 0 Å². The van der Waals surface area contributed by atoms with Gasteiger partial charge in [-0.3, -0.25) is 0 Å². The van der Waals surface area contributed by atoms with Crippen molar-refractivity contribution >= 4 is 17.3 Å². The largest absolute Gasteiger partial charge is 0.391 e. The third-order valence-corrected chi connectivity index (χ3v) is 3.56. The van der Waals surface area contributed by atoms with E-state index in [1.165, 1.54) is 0 Å². The summed E-state index contributed by atoms with van der Waals surface area (Å²) < 4.78 is 0. The molecular formula is C13H19ClN2O. The Balaban J connectivity index is 2.19. The molecule has 0 amide bonds. The maximum Gasteiger partial charge on any atom is 0.0715 e. The number of benzene rings is 1. The third-order valence-electron chi connectivity index (χ3n) is 3.24. The lowest BCUT2D eigenvalue weighted by molar-refractivity contribution is 0.154. The maximum absolute atomic E-state index is 9.66. The summed E-state index contributed by atoms with van der Waals surface area (Å²) in [7, 11) is 0. The van der Waals surface area contributed by atoms with E-state index >= 15 is 0 Å². The second-order valence-electron chi connectivity index (χ2n) is 4.74. The number of β-amino-alcohol motifs (C(OH)–C–C–N with tert-alkyl or cyclic N) is 1. The quantitative estimate of drug-likeness (QED) is 0.852. The summed E-state index contributed by atoms with van der Waals surface area (Å²) >= 11 is 6.21. The Morgan fingerprint density at radius 1 is 1.53 bits per heavy atom. The number of aliphatic hydroxyl groups is 1. The summed E-state index contributed by atoms with van der Waals surface area (Å²) in [5.74, 6) is 0. The van der Waals surface area contributed by atoms with E-state index < -0.39 is 0 Å². The minimum absolute atomic E-state index is 0.0523. The molecule has 4 heteroatoms. The average Bonchev–Trinajstić information content (AvgIpc) is 2.28. The van der Waals surface area contributed by atoms with Gasteiger partial charge in [0.1, 0.15) is 0 Å². The Hall–Kier alpha value is -0.770. The number of nitrogens with two attached hydrogens (primary N) is 1. The molecule has 0 bridgehead atoms. The fourth-order valence-corrected chi connectivity index (χ4v) is 2.62. The zero-order chi connectivity index (χ0) is 12.4. The molecule has 1 saturated heterocycles. The fraction of sp³-hybridized carbons (Fsp3) is 0.538. The monoisotopic (exact) mass is 254 g/mol. The summed E-state index contributed by atoms with van der Waals surface area (Å²) in [4.78, 5) is 2.17. The van der Waals surface area contributed by atoms with Gasteiger partial charge < -0.3 is 15.7 Å². The standard InChI is InChI=1S/C13H19ClN2O/c1-9(15)12-5-4-10(7-13(12)14)16-6-2-3-11(17)8-16/h4-5,7,9,11,17H,2-3,6,8,15H2,1H3. The summed E-state index contributed by atoms with van der Waals surface area (Å²) in [5, 5.41) is 10.4. The van der Waals surface area contributed by atoms with Gasteiger partial charge in [0.25, 0.3) is 0 Å². The minimum atomic E-state index is -0.226. The molecule has 94 valence electrons. The Kier molecular flexibility index (Phi) is 3.92. The molecule has 17 heavy (non-hydrogen) atoms. The number of hydrogen-bond acceptors (Lipinski definition) is 3. The average molecular weight is 255 g/mol. The number of rotatable bonds is 2. The molecule has 1 aliphatic rings. The first kappa shape index (κ1) is 12.7. The van der Waals surface area contributed by atoms with E-state index in [0.717, 1.165) is 30.6 Å². The third kappa shape index (κ3) is 2.92. The van der Waals surface area contributed by atoms with Crippen molar-refractivity contribution in [3.8, 4) is 0 Å². The molecule has 0 saturated carbocycles. The van der Waals surface area contributed by atoms with Crippen molar-refractivity contribution in [3.63, 3.8) is 0 Å². The Morgan fingerprint density at radius 2 is 2.29 bits per heavy atom. The Morgan fingerprint density at radius 3 is 2.88 bits per heavy atom. The number of anilines is 1. The van der Waals surface area contributed by atoms with Crippen molar-refractivity contribution in [1.29, 1.82) is 0 Å². The molecule has 1 heterocycles. The van der Waals surface area contributed by atoms with Gasteiger partial charge in [-0.2, -0.15) is 0 Å². The molecule has 1 aromatic carbocycles. The highest BCUT2D eigenvalue weighted by Gasteiger charge is 2.18. The van der Waals surface area contributed by atoms with Crippen LogP contribution in [0.1, 0.15) is 31.4 Å². The summed E-state index contributed by atoms with van der Waals surface area (Å²) in [5.41, 5.74) is 7.86. The lowest BCUT2D eigenvalue weighted by atomic mass is 10.1. The number of halogens is 1. The molecule has 1 fully saturated rings. The van der Waals surface area contributed by atoms with Crippen molar-refractivity contribution < 1.29 is 5.11 Å². The van der Waals surface area contributed by atoms with Gasteiger partial charge in [-0.25, -0.2) is 0 Å². The van der Waals surface area contributed by atoms with Crippen molar-refractivity contribution in [2.45, 2.75) is 31.9 Å². The first-order valence-electron chi connectivity index (χ1n) is 6.06. The molecule has 1 aliphatic heterocycles. The van der Waals surface area contributed by atoms with Gasteiger partial charge >= 0.3 is 0 Å². The van der Waals surface area contributed by atoms with Crippen LogP contribution in [-0.2, 0) is 0 Å². The van der Waals surface area contributed by atoms with E-state index in [9.17, 15) is 5.11 Å². The molecule has 0 aliphatic carbocycles. The minimum Gasteiger partial charge on any atom is -0.391 e. The zero-order valence-electron chi connectivity index (χ0n) is 10.1. The molecule has 2 rings (SSSR count). The second kappa shape index (κ2) is 5.25. The van der Waals surface area contributed by atoms with Crippen LogP contribution in [0.15, 0.2) is 18.2 Å². The van der Waals surface area contributed by atoms with Crippen LogP contribution in [0.3, 0.4) is 0 Å². The van der Waals surface area contributed by atoms with Gasteiger partial charge in [-0.15, -0.1) is 0 Å².